The van der Waals surface area contributed by atoms with Gasteiger partial charge in [-0.05, 0) is 70.1 Å². The summed E-state index contributed by atoms with van der Waals surface area (Å²) in [7, 11) is 0. The van der Waals surface area contributed by atoms with Crippen LogP contribution in [-0.2, 0) is 0 Å². The van der Waals surface area contributed by atoms with Crippen LogP contribution in [0.15, 0.2) is 0 Å². The number of likely N-dealkylation sites (tertiary alicyclic amines) is 1. The standard InChI is InChI=1S/C37H74N2/c1-3-5-7-9-11-15-19-23-29-38(33-34-39-31-25-26-32-39)30-24-20-16-13-12-14-18-22-28-37-35-36(37)27-21-17-10-8-6-4-2/h36-37H,3-35H2,1-2H3. The third-order valence-corrected chi connectivity index (χ3v) is 10.1. The maximum atomic E-state index is 2.83. The van der Waals surface area contributed by atoms with Crippen LogP contribution in [0.2, 0.25) is 0 Å². The molecule has 0 radical (unpaired) electrons. The minimum atomic E-state index is 1.12. The molecule has 0 amide bonds. The SMILES string of the molecule is CCCCCCCCCCN(CCCCCCCCCCC1CC1CCCCCCCC)CCN1CCCC1. The van der Waals surface area contributed by atoms with Gasteiger partial charge in [0.25, 0.3) is 0 Å². The van der Waals surface area contributed by atoms with Gasteiger partial charge in [-0.25, -0.2) is 0 Å². The highest BCUT2D eigenvalue weighted by Gasteiger charge is 2.34. The zero-order valence-electron chi connectivity index (χ0n) is 27.4. The molecule has 1 aliphatic heterocycles. The van der Waals surface area contributed by atoms with Crippen molar-refractivity contribution in [3.05, 3.63) is 0 Å². The highest BCUT2D eigenvalue weighted by molar-refractivity contribution is 4.85. The second kappa shape index (κ2) is 25.6. The zero-order valence-corrected chi connectivity index (χ0v) is 27.4. The monoisotopic (exact) mass is 547 g/mol. The Morgan fingerprint density at radius 2 is 0.846 bits per heavy atom. The average molecular weight is 547 g/mol. The van der Waals surface area contributed by atoms with E-state index in [4.69, 9.17) is 0 Å². The first-order valence-corrected chi connectivity index (χ1v) is 18.8. The van der Waals surface area contributed by atoms with Crippen molar-refractivity contribution in [3.8, 4) is 0 Å². The molecule has 39 heavy (non-hydrogen) atoms. The Balaban J connectivity index is 1.38. The molecule has 2 nitrogen and oxygen atoms in total. The van der Waals surface area contributed by atoms with Crippen LogP contribution in [-0.4, -0.2) is 49.1 Å². The summed E-state index contributed by atoms with van der Waals surface area (Å²) in [5, 5.41) is 0. The minimum Gasteiger partial charge on any atom is -0.302 e. The molecule has 1 aliphatic carbocycles. The largest absolute Gasteiger partial charge is 0.302 e. The van der Waals surface area contributed by atoms with E-state index in [1.807, 2.05) is 0 Å². The lowest BCUT2D eigenvalue weighted by atomic mass is 10.0. The van der Waals surface area contributed by atoms with E-state index in [0.29, 0.717) is 0 Å². The Morgan fingerprint density at radius 1 is 0.462 bits per heavy atom. The van der Waals surface area contributed by atoms with Crippen molar-refractivity contribution >= 4 is 0 Å². The number of rotatable bonds is 30. The molecule has 0 N–H and O–H groups in total. The van der Waals surface area contributed by atoms with E-state index < -0.39 is 0 Å². The van der Waals surface area contributed by atoms with Crippen molar-refractivity contribution in [2.75, 3.05) is 39.3 Å². The summed E-state index contributed by atoms with van der Waals surface area (Å²) in [6, 6.07) is 0. The van der Waals surface area contributed by atoms with Gasteiger partial charge < -0.3 is 9.80 Å². The molecule has 1 saturated heterocycles. The van der Waals surface area contributed by atoms with Gasteiger partial charge in [0.2, 0.25) is 0 Å². The smallest absolute Gasteiger partial charge is 0.0109 e. The first kappa shape index (κ1) is 35.1. The molecule has 2 heteroatoms. The summed E-state index contributed by atoms with van der Waals surface area (Å²) in [6.07, 6.45) is 39.7. The molecular formula is C37H74N2. The fourth-order valence-electron chi connectivity index (χ4n) is 7.10. The Hall–Kier alpha value is -0.0800. The molecule has 2 unspecified atom stereocenters. The van der Waals surface area contributed by atoms with Crippen LogP contribution in [0, 0.1) is 11.8 Å². The third kappa shape index (κ3) is 20.4. The van der Waals surface area contributed by atoms with Crippen LogP contribution < -0.4 is 0 Å². The van der Waals surface area contributed by atoms with E-state index in [2.05, 4.69) is 23.6 Å². The summed E-state index contributed by atoms with van der Waals surface area (Å²) in [5.74, 6) is 2.25. The lowest BCUT2D eigenvalue weighted by Gasteiger charge is -2.25. The van der Waals surface area contributed by atoms with Crippen LogP contribution in [0.3, 0.4) is 0 Å². The van der Waals surface area contributed by atoms with Gasteiger partial charge in [-0.15, -0.1) is 0 Å². The Morgan fingerprint density at radius 3 is 1.28 bits per heavy atom. The van der Waals surface area contributed by atoms with E-state index in [9.17, 15) is 0 Å². The van der Waals surface area contributed by atoms with Crippen LogP contribution in [0.25, 0.3) is 0 Å². The molecular weight excluding hydrogens is 472 g/mol. The van der Waals surface area contributed by atoms with E-state index in [1.54, 1.807) is 19.3 Å². The minimum absolute atomic E-state index is 1.12. The van der Waals surface area contributed by atoms with Crippen molar-refractivity contribution in [1.29, 1.82) is 0 Å². The second-order valence-electron chi connectivity index (χ2n) is 13.8. The van der Waals surface area contributed by atoms with Gasteiger partial charge in [0, 0.05) is 13.1 Å². The summed E-state index contributed by atoms with van der Waals surface area (Å²) < 4.78 is 0. The quantitative estimate of drug-likeness (QED) is 0.0826. The van der Waals surface area contributed by atoms with E-state index in [1.165, 1.54) is 193 Å². The van der Waals surface area contributed by atoms with Crippen LogP contribution in [0.4, 0.5) is 0 Å². The third-order valence-electron chi connectivity index (χ3n) is 10.1. The predicted molar refractivity (Wildman–Crippen MR) is 176 cm³/mol. The van der Waals surface area contributed by atoms with Crippen molar-refractivity contribution in [2.45, 2.75) is 187 Å². The average Bonchev–Trinajstić information content (AvgIpc) is 3.47. The van der Waals surface area contributed by atoms with Gasteiger partial charge in [0.1, 0.15) is 0 Å². The summed E-state index contributed by atoms with van der Waals surface area (Å²) in [6.45, 7) is 12.7. The molecule has 2 aliphatic rings. The van der Waals surface area contributed by atoms with Crippen LogP contribution >= 0.6 is 0 Å². The van der Waals surface area contributed by atoms with Gasteiger partial charge in [-0.3, -0.25) is 0 Å². The number of hydrogen-bond acceptors (Lipinski definition) is 2. The lowest BCUT2D eigenvalue weighted by molar-refractivity contribution is 0.217. The Kier molecular flexibility index (Phi) is 23.1. The topological polar surface area (TPSA) is 6.48 Å². The van der Waals surface area contributed by atoms with Gasteiger partial charge in [0.05, 0.1) is 0 Å². The highest BCUT2D eigenvalue weighted by Crippen LogP contribution is 2.45. The van der Waals surface area contributed by atoms with E-state index in [-0.39, 0.29) is 0 Å². The maximum Gasteiger partial charge on any atom is 0.0109 e. The number of hydrogen-bond donors (Lipinski definition) is 0. The zero-order chi connectivity index (χ0) is 27.6. The maximum absolute atomic E-state index is 2.83. The van der Waals surface area contributed by atoms with Gasteiger partial charge in [-0.1, -0.05) is 155 Å². The molecule has 0 spiro atoms. The summed E-state index contributed by atoms with van der Waals surface area (Å²) in [5.41, 5.74) is 0. The highest BCUT2D eigenvalue weighted by atomic mass is 15.2. The number of nitrogens with zero attached hydrogens (tertiary/aromatic N) is 2. The Bertz CT molecular complexity index is 500. The number of unbranched alkanes of at least 4 members (excludes halogenated alkanes) is 19. The summed E-state index contributed by atoms with van der Waals surface area (Å²) >= 11 is 0. The fourth-order valence-corrected chi connectivity index (χ4v) is 7.10. The van der Waals surface area contributed by atoms with Crippen molar-refractivity contribution in [3.63, 3.8) is 0 Å². The molecule has 1 saturated carbocycles. The van der Waals surface area contributed by atoms with Crippen LogP contribution in [0.5, 0.6) is 0 Å². The van der Waals surface area contributed by atoms with Gasteiger partial charge >= 0.3 is 0 Å². The molecule has 2 fully saturated rings. The van der Waals surface area contributed by atoms with Gasteiger partial charge in [0.15, 0.2) is 0 Å². The van der Waals surface area contributed by atoms with Crippen molar-refractivity contribution in [1.82, 2.24) is 9.80 Å². The molecule has 0 bridgehead atoms. The second-order valence-corrected chi connectivity index (χ2v) is 13.8. The molecule has 232 valence electrons. The fraction of sp³-hybridized carbons (Fsp3) is 1.00. The molecule has 2 rings (SSSR count). The molecule has 1 heterocycles. The first-order valence-electron chi connectivity index (χ1n) is 18.8. The molecule has 2 atom stereocenters. The normalized spacial score (nSPS) is 19.5. The predicted octanol–water partition coefficient (Wildman–Crippen LogP) is 11.4. The van der Waals surface area contributed by atoms with Gasteiger partial charge in [-0.2, -0.15) is 0 Å². The van der Waals surface area contributed by atoms with Crippen molar-refractivity contribution in [2.24, 2.45) is 11.8 Å². The molecule has 0 aromatic heterocycles. The first-order chi connectivity index (χ1) is 19.3. The van der Waals surface area contributed by atoms with Crippen molar-refractivity contribution < 1.29 is 0 Å². The molecule has 0 aromatic rings. The Labute approximate surface area is 247 Å². The van der Waals surface area contributed by atoms with E-state index >= 15 is 0 Å². The summed E-state index contributed by atoms with van der Waals surface area (Å²) in [4.78, 5) is 5.53. The van der Waals surface area contributed by atoms with E-state index in [0.717, 1.165) is 11.8 Å². The molecule has 0 aromatic carbocycles. The van der Waals surface area contributed by atoms with Crippen LogP contribution in [0.1, 0.15) is 187 Å². The lowest BCUT2D eigenvalue weighted by Crippen LogP contribution is -2.35.